The van der Waals surface area contributed by atoms with Crippen LogP contribution in [0.5, 0.6) is 5.75 Å². The zero-order chi connectivity index (χ0) is 51.0. The molecule has 0 aliphatic carbocycles. The summed E-state index contributed by atoms with van der Waals surface area (Å²) in [4.78, 5) is 133. The number of aliphatic imine (C=N–C) groups is 1. The summed E-state index contributed by atoms with van der Waals surface area (Å²) < 4.78 is 0. The second kappa shape index (κ2) is 29.4. The van der Waals surface area contributed by atoms with Crippen LogP contribution in [0.3, 0.4) is 0 Å². The molecule has 0 aliphatic rings. The van der Waals surface area contributed by atoms with Crippen molar-refractivity contribution in [2.24, 2.45) is 33.8 Å². The van der Waals surface area contributed by atoms with E-state index in [4.69, 9.17) is 28.0 Å². The topological polar surface area (TPSA) is 452 Å². The lowest BCUT2D eigenvalue weighted by molar-refractivity contribution is -0.147. The van der Waals surface area contributed by atoms with Gasteiger partial charge in [0.1, 0.15) is 48.0 Å². The number of aromatic hydroxyl groups is 1. The molecule has 26 heteroatoms. The zero-order valence-corrected chi connectivity index (χ0v) is 37.9. The third-order valence-electron chi connectivity index (χ3n) is 9.85. The van der Waals surface area contributed by atoms with E-state index in [1.165, 1.54) is 38.1 Å². The molecule has 0 aliphatic heterocycles. The number of phenols is 1. The Morgan fingerprint density at radius 2 is 1.07 bits per heavy atom. The van der Waals surface area contributed by atoms with E-state index < -0.39 is 133 Å². The van der Waals surface area contributed by atoms with Gasteiger partial charge in [-0.3, -0.25) is 48.1 Å². The van der Waals surface area contributed by atoms with Crippen LogP contribution in [0.4, 0.5) is 0 Å². The average Bonchev–Trinajstić information content (AvgIpc) is 3.24. The number of aliphatic carboxylic acids is 3. The van der Waals surface area contributed by atoms with Gasteiger partial charge in [0.2, 0.25) is 41.4 Å². The molecular weight excluding hydrogens is 885 g/mol. The molecule has 0 heterocycles. The van der Waals surface area contributed by atoms with Gasteiger partial charge in [-0.2, -0.15) is 0 Å². The number of nitrogens with one attached hydrogen (secondary N) is 7. The number of carbonyl (C=O) groups is 10. The second-order valence-corrected chi connectivity index (χ2v) is 16.0. The summed E-state index contributed by atoms with van der Waals surface area (Å²) >= 11 is 0. The largest absolute Gasteiger partial charge is 0.508 e. The third-order valence-corrected chi connectivity index (χ3v) is 9.85. The summed E-state index contributed by atoms with van der Waals surface area (Å²) in [6.07, 6.45) is -1.74. The van der Waals surface area contributed by atoms with Crippen LogP contribution in [0.1, 0.15) is 84.6 Å². The first-order valence-corrected chi connectivity index (χ1v) is 21.4. The van der Waals surface area contributed by atoms with Crippen molar-refractivity contribution in [1.29, 1.82) is 0 Å². The van der Waals surface area contributed by atoms with Crippen molar-refractivity contribution in [3.05, 3.63) is 29.8 Å². The molecule has 374 valence electrons. The molecule has 1 aromatic rings. The molecule has 0 saturated heterocycles. The predicted molar refractivity (Wildman–Crippen MR) is 239 cm³/mol. The highest BCUT2D eigenvalue weighted by atomic mass is 16.4. The van der Waals surface area contributed by atoms with Crippen molar-refractivity contribution >= 4 is 65.2 Å². The molecule has 1 aromatic carbocycles. The van der Waals surface area contributed by atoms with E-state index in [1.807, 2.05) is 0 Å². The van der Waals surface area contributed by atoms with E-state index in [0.717, 1.165) is 0 Å². The highest BCUT2D eigenvalue weighted by molar-refractivity contribution is 5.98. The van der Waals surface area contributed by atoms with Crippen molar-refractivity contribution in [1.82, 2.24) is 37.2 Å². The van der Waals surface area contributed by atoms with Crippen LogP contribution in [0.25, 0.3) is 0 Å². The summed E-state index contributed by atoms with van der Waals surface area (Å²) in [6.45, 7) is 6.05. The van der Waals surface area contributed by atoms with Gasteiger partial charge in [-0.15, -0.1) is 0 Å². The Bertz CT molecular complexity index is 1910. The maximum absolute atomic E-state index is 14.1. The monoisotopic (exact) mass is 950 g/mol. The lowest BCUT2D eigenvalue weighted by atomic mass is 10.0. The van der Waals surface area contributed by atoms with E-state index in [1.54, 1.807) is 13.8 Å². The number of phenolic OH excluding ortho intramolecular Hbond substituents is 1. The molecule has 19 N–H and O–H groups in total. The SMILES string of the molecule is CC(C)[C@H](NC(=O)[C@H](C)N)C(=O)N[C@@H](CCC(=O)O)C(=O)N[C@@H](CCCN=C(N)N)C(=O)N[C@@H](Cc1ccc(O)cc1)C(=O)N[C@@H](C)C(=O)N[C@@H](CCCCN)C(=O)N[C@@H](CC(=O)O)C(=O)O. The molecule has 0 saturated carbocycles. The number of hydrogen-bond donors (Lipinski definition) is 15. The molecule has 26 nitrogen and oxygen atoms in total. The minimum absolute atomic E-state index is 0.0255. The number of carboxylic acid groups (broad SMARTS) is 3. The molecule has 0 aromatic heterocycles. The lowest BCUT2D eigenvalue weighted by Gasteiger charge is -2.28. The Morgan fingerprint density at radius 3 is 1.57 bits per heavy atom. The van der Waals surface area contributed by atoms with Crippen LogP contribution >= 0.6 is 0 Å². The summed E-state index contributed by atoms with van der Waals surface area (Å²) in [5, 5.41) is 54.8. The Labute approximate surface area is 386 Å². The van der Waals surface area contributed by atoms with Gasteiger partial charge in [0.15, 0.2) is 5.96 Å². The summed E-state index contributed by atoms with van der Waals surface area (Å²) in [5.41, 5.74) is 22.5. The van der Waals surface area contributed by atoms with Crippen molar-refractivity contribution in [3.63, 3.8) is 0 Å². The highest BCUT2D eigenvalue weighted by Crippen LogP contribution is 2.13. The number of nitrogens with two attached hydrogens (primary N) is 4. The molecule has 1 rings (SSSR count). The van der Waals surface area contributed by atoms with Gasteiger partial charge in [0.25, 0.3) is 0 Å². The van der Waals surface area contributed by atoms with Crippen LogP contribution in [0.2, 0.25) is 0 Å². The van der Waals surface area contributed by atoms with Crippen molar-refractivity contribution in [3.8, 4) is 5.75 Å². The van der Waals surface area contributed by atoms with Crippen molar-refractivity contribution in [2.75, 3.05) is 13.1 Å². The number of rotatable bonds is 31. The first-order chi connectivity index (χ1) is 31.4. The molecule has 0 spiro atoms. The number of amides is 7. The maximum atomic E-state index is 14.1. The quantitative estimate of drug-likeness (QED) is 0.0191. The van der Waals surface area contributed by atoms with E-state index >= 15 is 0 Å². The van der Waals surface area contributed by atoms with Crippen LogP contribution in [-0.4, -0.2) is 147 Å². The van der Waals surface area contributed by atoms with E-state index in [9.17, 15) is 63.3 Å². The van der Waals surface area contributed by atoms with Gasteiger partial charge in [-0.05, 0) is 82.5 Å². The zero-order valence-electron chi connectivity index (χ0n) is 37.9. The number of carboxylic acids is 3. The van der Waals surface area contributed by atoms with Gasteiger partial charge in [-0.25, -0.2) is 4.79 Å². The number of benzene rings is 1. The first kappa shape index (κ1) is 57.9. The molecule has 8 atom stereocenters. The molecule has 0 radical (unpaired) electrons. The molecule has 0 fully saturated rings. The Balaban J connectivity index is 3.53. The smallest absolute Gasteiger partial charge is 0.326 e. The fourth-order valence-corrected chi connectivity index (χ4v) is 6.10. The predicted octanol–water partition coefficient (Wildman–Crippen LogP) is -4.04. The Kier molecular flexibility index (Phi) is 25.5. The first-order valence-electron chi connectivity index (χ1n) is 21.4. The molecular formula is C41H66N12O14. The number of nitrogens with zero attached hydrogens (tertiary/aromatic N) is 1. The van der Waals surface area contributed by atoms with E-state index in [0.29, 0.717) is 12.0 Å². The van der Waals surface area contributed by atoms with Gasteiger partial charge in [-0.1, -0.05) is 26.0 Å². The highest BCUT2D eigenvalue weighted by Gasteiger charge is 2.34. The average molecular weight is 951 g/mol. The maximum Gasteiger partial charge on any atom is 0.326 e. The third kappa shape index (κ3) is 22.6. The number of hydrogen-bond acceptors (Lipinski definition) is 14. The number of carbonyl (C=O) groups excluding carboxylic acids is 7. The van der Waals surface area contributed by atoms with E-state index in [2.05, 4.69) is 42.2 Å². The molecule has 0 unspecified atom stereocenters. The summed E-state index contributed by atoms with van der Waals surface area (Å²) in [7, 11) is 0. The fraction of sp³-hybridized carbons (Fsp3) is 0.585. The van der Waals surface area contributed by atoms with Crippen LogP contribution in [-0.2, 0) is 54.4 Å². The lowest BCUT2D eigenvalue weighted by Crippen LogP contribution is -2.60. The minimum atomic E-state index is -1.83. The summed E-state index contributed by atoms with van der Waals surface area (Å²) in [5.74, 6) is -11.8. The Hall–Kier alpha value is -7.09. The van der Waals surface area contributed by atoms with Gasteiger partial charge in [0.05, 0.1) is 12.5 Å². The summed E-state index contributed by atoms with van der Waals surface area (Å²) in [6, 6.07) is -5.88. The normalized spacial score (nSPS) is 14.5. The standard InChI is InChI=1S/C41H66N12O14/c1-20(2)32(53-33(59)21(3)43)39(65)50-27(14-15-30(55)56)37(63)49-26(9-7-17-46-41(44)45)35(61)51-28(18-23-10-12-24(54)13-11-23)38(64)47-22(4)34(60)48-25(8-5-6-16-42)36(62)52-29(40(66)67)19-31(57)58/h10-13,20-22,25-29,32,54H,5-9,14-19,42-43H2,1-4H3,(H,47,64)(H,48,60)(H,49,63)(H,50,65)(H,51,61)(H,52,62)(H,53,59)(H,55,56)(H,57,58)(H,66,67)(H4,44,45,46)/t21-,22-,25-,26-,27-,28-,29-,32-/m0/s1. The minimum Gasteiger partial charge on any atom is -0.508 e. The van der Waals surface area contributed by atoms with Crippen molar-refractivity contribution < 1.29 is 68.4 Å². The fourth-order valence-electron chi connectivity index (χ4n) is 6.10. The Morgan fingerprint density at radius 1 is 0.582 bits per heavy atom. The van der Waals surface area contributed by atoms with Crippen molar-refractivity contribution in [2.45, 2.75) is 134 Å². The van der Waals surface area contributed by atoms with Crippen LogP contribution in [0, 0.1) is 5.92 Å². The van der Waals surface area contributed by atoms with Crippen LogP contribution in [0.15, 0.2) is 29.3 Å². The molecule has 7 amide bonds. The number of guanidine groups is 1. The van der Waals surface area contributed by atoms with E-state index in [-0.39, 0.29) is 56.9 Å². The molecule has 67 heavy (non-hydrogen) atoms. The number of unbranched alkanes of at least 4 members (excludes halogenated alkanes) is 1. The second-order valence-electron chi connectivity index (χ2n) is 16.0. The van der Waals surface area contributed by atoms with Gasteiger partial charge >= 0.3 is 17.9 Å². The molecule has 0 bridgehead atoms. The van der Waals surface area contributed by atoms with Gasteiger partial charge in [0, 0.05) is 19.4 Å². The van der Waals surface area contributed by atoms with Gasteiger partial charge < -0.3 is 80.6 Å². The van der Waals surface area contributed by atoms with Crippen LogP contribution < -0.4 is 60.2 Å².